The van der Waals surface area contributed by atoms with Crippen LogP contribution in [0, 0.1) is 5.41 Å². The summed E-state index contributed by atoms with van der Waals surface area (Å²) in [6.45, 7) is 7.31. The first kappa shape index (κ1) is 18.7. The standard InChI is InChI=1S/C21H29NO2/c1-16(19-11-7-8-17(12-19)14-23)22-13-20(21(2,3)15-24)18-9-5-4-6-10-18/h4-12,16,20,22-24H,13-15H2,1-3H3. The Balaban J connectivity index is 2.12. The second kappa shape index (κ2) is 8.43. The molecule has 0 bridgehead atoms. The molecule has 0 spiro atoms. The number of hydrogen-bond donors (Lipinski definition) is 3. The minimum Gasteiger partial charge on any atom is -0.396 e. The van der Waals surface area contributed by atoms with Crippen molar-refractivity contribution in [3.63, 3.8) is 0 Å². The summed E-state index contributed by atoms with van der Waals surface area (Å²) in [7, 11) is 0. The zero-order chi connectivity index (χ0) is 17.6. The first-order chi connectivity index (χ1) is 11.5. The van der Waals surface area contributed by atoms with Crippen LogP contribution in [0.25, 0.3) is 0 Å². The molecule has 0 amide bonds. The molecule has 2 rings (SSSR count). The normalized spacial score (nSPS) is 14.4. The molecule has 130 valence electrons. The first-order valence-electron chi connectivity index (χ1n) is 8.57. The Morgan fingerprint density at radius 2 is 1.62 bits per heavy atom. The van der Waals surface area contributed by atoms with Crippen LogP contribution in [0.3, 0.4) is 0 Å². The summed E-state index contributed by atoms with van der Waals surface area (Å²) in [5, 5.41) is 22.7. The van der Waals surface area contributed by atoms with Crippen molar-refractivity contribution in [2.24, 2.45) is 5.41 Å². The molecule has 0 aliphatic heterocycles. The van der Waals surface area contributed by atoms with Gasteiger partial charge >= 0.3 is 0 Å². The Morgan fingerprint density at radius 1 is 0.958 bits per heavy atom. The van der Waals surface area contributed by atoms with Gasteiger partial charge in [-0.2, -0.15) is 0 Å². The molecule has 2 aromatic carbocycles. The summed E-state index contributed by atoms with van der Waals surface area (Å²) < 4.78 is 0. The van der Waals surface area contributed by atoms with Crippen LogP contribution >= 0.6 is 0 Å². The molecule has 2 atom stereocenters. The molecule has 0 aliphatic carbocycles. The van der Waals surface area contributed by atoms with E-state index in [0.717, 1.165) is 17.7 Å². The lowest BCUT2D eigenvalue weighted by atomic mass is 9.75. The number of aliphatic hydroxyl groups is 2. The van der Waals surface area contributed by atoms with Crippen molar-refractivity contribution < 1.29 is 10.2 Å². The maximum Gasteiger partial charge on any atom is 0.0681 e. The molecule has 0 fully saturated rings. The van der Waals surface area contributed by atoms with Gasteiger partial charge in [0.05, 0.1) is 6.61 Å². The van der Waals surface area contributed by atoms with Crippen LogP contribution in [0.1, 0.15) is 49.4 Å². The summed E-state index contributed by atoms with van der Waals surface area (Å²) in [4.78, 5) is 0. The number of nitrogens with one attached hydrogen (secondary N) is 1. The van der Waals surface area contributed by atoms with Crippen LogP contribution in [-0.4, -0.2) is 23.4 Å². The maximum atomic E-state index is 9.82. The predicted molar refractivity (Wildman–Crippen MR) is 98.8 cm³/mol. The molecule has 0 aromatic heterocycles. The van der Waals surface area contributed by atoms with Crippen LogP contribution in [-0.2, 0) is 6.61 Å². The van der Waals surface area contributed by atoms with Crippen molar-refractivity contribution in [3.8, 4) is 0 Å². The summed E-state index contributed by atoms with van der Waals surface area (Å²) in [5.74, 6) is 0.215. The molecule has 0 aliphatic rings. The Bertz CT molecular complexity index is 625. The van der Waals surface area contributed by atoms with Crippen LogP contribution in [0.5, 0.6) is 0 Å². The molecule has 0 saturated carbocycles. The van der Waals surface area contributed by atoms with E-state index in [2.05, 4.69) is 44.3 Å². The van der Waals surface area contributed by atoms with E-state index in [4.69, 9.17) is 0 Å². The van der Waals surface area contributed by atoms with Gasteiger partial charge in [0.1, 0.15) is 0 Å². The van der Waals surface area contributed by atoms with Gasteiger partial charge in [-0.25, -0.2) is 0 Å². The van der Waals surface area contributed by atoms with Crippen molar-refractivity contribution in [3.05, 3.63) is 71.3 Å². The lowest BCUT2D eigenvalue weighted by molar-refractivity contribution is 0.128. The lowest BCUT2D eigenvalue weighted by Crippen LogP contribution is -2.35. The Hall–Kier alpha value is -1.68. The quantitative estimate of drug-likeness (QED) is 0.694. The molecular weight excluding hydrogens is 298 g/mol. The highest BCUT2D eigenvalue weighted by Gasteiger charge is 2.30. The number of benzene rings is 2. The SMILES string of the molecule is CC(NCC(c1ccccc1)C(C)(C)CO)c1cccc(CO)c1. The van der Waals surface area contributed by atoms with E-state index in [9.17, 15) is 10.2 Å². The molecule has 3 nitrogen and oxygen atoms in total. The Kier molecular flexibility index (Phi) is 6.55. The average Bonchev–Trinajstić information content (AvgIpc) is 2.62. The lowest BCUT2D eigenvalue weighted by Gasteiger charge is -2.34. The molecule has 2 aromatic rings. The highest BCUT2D eigenvalue weighted by molar-refractivity contribution is 5.26. The van der Waals surface area contributed by atoms with Gasteiger partial charge in [-0.3, -0.25) is 0 Å². The highest BCUT2D eigenvalue weighted by Crippen LogP contribution is 2.35. The van der Waals surface area contributed by atoms with E-state index >= 15 is 0 Å². The van der Waals surface area contributed by atoms with Crippen LogP contribution in [0.4, 0.5) is 0 Å². The predicted octanol–water partition coefficient (Wildman–Crippen LogP) is 3.63. The molecular formula is C21H29NO2. The van der Waals surface area contributed by atoms with Gasteiger partial charge < -0.3 is 15.5 Å². The van der Waals surface area contributed by atoms with Crippen molar-refractivity contribution in [1.82, 2.24) is 5.32 Å². The summed E-state index contributed by atoms with van der Waals surface area (Å²) in [6, 6.07) is 18.6. The molecule has 2 unspecified atom stereocenters. The second-order valence-electron chi connectivity index (χ2n) is 7.14. The number of hydrogen-bond acceptors (Lipinski definition) is 3. The number of aliphatic hydroxyl groups excluding tert-OH is 2. The Labute approximate surface area is 145 Å². The summed E-state index contributed by atoms with van der Waals surface area (Å²) in [6.07, 6.45) is 0. The topological polar surface area (TPSA) is 52.5 Å². The fourth-order valence-corrected chi connectivity index (χ4v) is 3.01. The molecule has 24 heavy (non-hydrogen) atoms. The first-order valence-corrected chi connectivity index (χ1v) is 8.57. The van der Waals surface area contributed by atoms with Crippen molar-refractivity contribution in [2.75, 3.05) is 13.2 Å². The van der Waals surface area contributed by atoms with E-state index in [1.165, 1.54) is 5.56 Å². The van der Waals surface area contributed by atoms with Gasteiger partial charge in [0, 0.05) is 25.1 Å². The van der Waals surface area contributed by atoms with E-state index in [1.54, 1.807) is 0 Å². The average molecular weight is 327 g/mol. The summed E-state index contributed by atoms with van der Waals surface area (Å²) >= 11 is 0. The molecule has 0 saturated heterocycles. The van der Waals surface area contributed by atoms with Crippen molar-refractivity contribution in [2.45, 2.75) is 39.3 Å². The molecule has 0 radical (unpaired) electrons. The van der Waals surface area contributed by atoms with Gasteiger partial charge in [0.2, 0.25) is 0 Å². The zero-order valence-electron chi connectivity index (χ0n) is 14.9. The van der Waals surface area contributed by atoms with E-state index in [-0.39, 0.29) is 30.6 Å². The van der Waals surface area contributed by atoms with E-state index < -0.39 is 0 Å². The van der Waals surface area contributed by atoms with Crippen molar-refractivity contribution >= 4 is 0 Å². The fraction of sp³-hybridized carbons (Fsp3) is 0.429. The van der Waals surface area contributed by atoms with Crippen LogP contribution in [0.15, 0.2) is 54.6 Å². The van der Waals surface area contributed by atoms with E-state index in [0.29, 0.717) is 0 Å². The van der Waals surface area contributed by atoms with Gasteiger partial charge in [-0.1, -0.05) is 68.4 Å². The Morgan fingerprint density at radius 3 is 2.25 bits per heavy atom. The molecule has 3 N–H and O–H groups in total. The molecule has 0 heterocycles. The fourth-order valence-electron chi connectivity index (χ4n) is 3.01. The molecule has 3 heteroatoms. The second-order valence-corrected chi connectivity index (χ2v) is 7.14. The number of rotatable bonds is 8. The summed E-state index contributed by atoms with van der Waals surface area (Å²) in [5.41, 5.74) is 3.12. The van der Waals surface area contributed by atoms with Crippen LogP contribution in [0.2, 0.25) is 0 Å². The largest absolute Gasteiger partial charge is 0.396 e. The zero-order valence-corrected chi connectivity index (χ0v) is 14.9. The van der Waals surface area contributed by atoms with Gasteiger partial charge in [0.15, 0.2) is 0 Å². The third-order valence-electron chi connectivity index (χ3n) is 4.81. The maximum absolute atomic E-state index is 9.82. The minimum atomic E-state index is -0.207. The monoisotopic (exact) mass is 327 g/mol. The van der Waals surface area contributed by atoms with Gasteiger partial charge in [-0.15, -0.1) is 0 Å². The van der Waals surface area contributed by atoms with Crippen molar-refractivity contribution in [1.29, 1.82) is 0 Å². The smallest absolute Gasteiger partial charge is 0.0681 e. The van der Waals surface area contributed by atoms with Gasteiger partial charge in [-0.05, 0) is 29.0 Å². The van der Waals surface area contributed by atoms with Crippen LogP contribution < -0.4 is 5.32 Å². The third-order valence-corrected chi connectivity index (χ3v) is 4.81. The van der Waals surface area contributed by atoms with Gasteiger partial charge in [0.25, 0.3) is 0 Å². The highest BCUT2D eigenvalue weighted by atomic mass is 16.3. The minimum absolute atomic E-state index is 0.0603. The third kappa shape index (κ3) is 4.67. The van der Waals surface area contributed by atoms with E-state index in [1.807, 2.05) is 36.4 Å².